The average Bonchev–Trinajstić information content (AvgIpc) is 3.19. The van der Waals surface area contributed by atoms with Crippen LogP contribution in [0.5, 0.6) is 0 Å². The summed E-state index contributed by atoms with van der Waals surface area (Å²) in [5.74, 6) is -0.673. The Hall–Kier alpha value is -3.00. The van der Waals surface area contributed by atoms with Gasteiger partial charge in [0.05, 0.1) is 12.1 Å². The summed E-state index contributed by atoms with van der Waals surface area (Å²) < 4.78 is 20.9. The third kappa shape index (κ3) is 2.64. The molecule has 0 saturated carbocycles. The fourth-order valence-electron chi connectivity index (χ4n) is 3.63. The van der Waals surface area contributed by atoms with Gasteiger partial charge in [-0.15, -0.1) is 0 Å². The number of benzene rings is 1. The number of hydrogen-bond acceptors (Lipinski definition) is 5. The number of carbonyl (C=O) groups is 1. The Morgan fingerprint density at radius 2 is 2.11 bits per heavy atom. The quantitative estimate of drug-likeness (QED) is 0.741. The number of aromatic nitrogens is 2. The minimum absolute atomic E-state index is 0.0700. The summed E-state index contributed by atoms with van der Waals surface area (Å²) in [5, 5.41) is 11.0. The number of nitrogens with zero attached hydrogens (tertiary/aromatic N) is 3. The molecule has 0 radical (unpaired) electrons. The van der Waals surface area contributed by atoms with E-state index in [0.717, 1.165) is 0 Å². The van der Waals surface area contributed by atoms with Gasteiger partial charge < -0.3 is 19.0 Å². The highest BCUT2D eigenvalue weighted by atomic mass is 19.1. The first-order chi connectivity index (χ1) is 12.8. The van der Waals surface area contributed by atoms with Gasteiger partial charge in [-0.2, -0.15) is 0 Å². The van der Waals surface area contributed by atoms with Gasteiger partial charge in [0, 0.05) is 19.2 Å². The van der Waals surface area contributed by atoms with Gasteiger partial charge in [0.15, 0.2) is 0 Å². The maximum atomic E-state index is 14.1. The molecule has 2 aromatic heterocycles. The van der Waals surface area contributed by atoms with Crippen molar-refractivity contribution in [3.63, 3.8) is 0 Å². The second-order valence-corrected chi connectivity index (χ2v) is 6.86. The van der Waals surface area contributed by atoms with E-state index in [1.165, 1.54) is 35.0 Å². The first kappa shape index (κ1) is 17.4. The Morgan fingerprint density at radius 1 is 1.37 bits per heavy atom. The van der Waals surface area contributed by atoms with Crippen LogP contribution in [-0.4, -0.2) is 38.6 Å². The van der Waals surface area contributed by atoms with E-state index in [9.17, 15) is 19.1 Å². The maximum Gasteiger partial charge on any atom is 0.265 e. The molecule has 1 unspecified atom stereocenters. The lowest BCUT2D eigenvalue weighted by atomic mass is 9.92. The number of aryl methyl sites for hydroxylation is 2. The van der Waals surface area contributed by atoms with E-state index in [1.54, 1.807) is 19.1 Å². The van der Waals surface area contributed by atoms with E-state index in [4.69, 9.17) is 4.42 Å². The number of amides is 1. The van der Waals surface area contributed by atoms with E-state index in [2.05, 4.69) is 4.98 Å². The highest BCUT2D eigenvalue weighted by Crippen LogP contribution is 2.35. The van der Waals surface area contributed by atoms with Crippen molar-refractivity contribution in [2.24, 2.45) is 7.05 Å². The molecule has 0 spiro atoms. The van der Waals surface area contributed by atoms with Gasteiger partial charge >= 0.3 is 0 Å². The van der Waals surface area contributed by atoms with Crippen molar-refractivity contribution in [3.8, 4) is 0 Å². The van der Waals surface area contributed by atoms with Gasteiger partial charge in [0.1, 0.15) is 28.9 Å². The number of furan rings is 1. The fraction of sp³-hybridized carbons (Fsp3) is 0.316. The summed E-state index contributed by atoms with van der Waals surface area (Å²) in [6.07, 6.45) is 1.53. The number of likely N-dealkylation sites (tertiary alicyclic amines) is 1. The molecule has 0 bridgehead atoms. The zero-order chi connectivity index (χ0) is 19.3. The number of halogens is 1. The minimum atomic E-state index is -1.47. The summed E-state index contributed by atoms with van der Waals surface area (Å²) in [6, 6.07) is 5.98. The van der Waals surface area contributed by atoms with Crippen LogP contribution in [0.25, 0.3) is 11.1 Å². The van der Waals surface area contributed by atoms with Crippen LogP contribution in [0.2, 0.25) is 0 Å². The lowest BCUT2D eigenvalue weighted by Gasteiger charge is -2.24. The molecular weight excluding hydrogens is 353 g/mol. The number of carbonyl (C=O) groups excluding carboxylic acids is 1. The predicted octanol–water partition coefficient (Wildman–Crippen LogP) is 1.71. The van der Waals surface area contributed by atoms with Gasteiger partial charge in [-0.1, -0.05) is 18.2 Å². The van der Waals surface area contributed by atoms with Crippen molar-refractivity contribution in [1.82, 2.24) is 14.5 Å². The molecule has 1 fully saturated rings. The average molecular weight is 371 g/mol. The normalized spacial score (nSPS) is 19.8. The van der Waals surface area contributed by atoms with Gasteiger partial charge in [-0.25, -0.2) is 9.37 Å². The SMILES string of the molecule is Cc1oc2ncn(C)c(=O)c2c1C(=O)N1CCC(O)(c2ccccc2F)C1. The molecule has 8 heteroatoms. The number of hydrogen-bond donors (Lipinski definition) is 1. The van der Waals surface area contributed by atoms with Crippen LogP contribution in [0.15, 0.2) is 39.8 Å². The van der Waals surface area contributed by atoms with Crippen molar-refractivity contribution in [3.05, 3.63) is 63.7 Å². The van der Waals surface area contributed by atoms with Crippen molar-refractivity contribution >= 4 is 17.0 Å². The molecule has 1 N–H and O–H groups in total. The number of aliphatic hydroxyl groups is 1. The molecule has 1 aromatic carbocycles. The summed E-state index contributed by atoms with van der Waals surface area (Å²) in [4.78, 5) is 31.0. The van der Waals surface area contributed by atoms with Crippen LogP contribution in [0.1, 0.15) is 28.1 Å². The molecule has 3 heterocycles. The van der Waals surface area contributed by atoms with Crippen molar-refractivity contribution in [1.29, 1.82) is 0 Å². The second kappa shape index (κ2) is 6.02. The van der Waals surface area contributed by atoms with E-state index in [-0.39, 0.29) is 53.1 Å². The van der Waals surface area contributed by atoms with Crippen molar-refractivity contribution in [2.75, 3.05) is 13.1 Å². The molecule has 3 aromatic rings. The van der Waals surface area contributed by atoms with Crippen LogP contribution in [-0.2, 0) is 12.6 Å². The van der Waals surface area contributed by atoms with E-state index < -0.39 is 17.3 Å². The lowest BCUT2D eigenvalue weighted by molar-refractivity contribution is 0.0388. The molecule has 7 nitrogen and oxygen atoms in total. The highest BCUT2D eigenvalue weighted by molar-refractivity contribution is 6.06. The van der Waals surface area contributed by atoms with Crippen molar-refractivity contribution < 1.29 is 18.7 Å². The van der Waals surface area contributed by atoms with Gasteiger partial charge in [-0.05, 0) is 19.4 Å². The molecule has 1 aliphatic heterocycles. The molecule has 1 atom stereocenters. The molecule has 1 saturated heterocycles. The Morgan fingerprint density at radius 3 is 2.85 bits per heavy atom. The van der Waals surface area contributed by atoms with Crippen LogP contribution in [0.3, 0.4) is 0 Å². The lowest BCUT2D eigenvalue weighted by Crippen LogP contribution is -2.35. The third-order valence-electron chi connectivity index (χ3n) is 5.07. The third-order valence-corrected chi connectivity index (χ3v) is 5.07. The van der Waals surface area contributed by atoms with E-state index >= 15 is 0 Å². The summed E-state index contributed by atoms with van der Waals surface area (Å²) >= 11 is 0. The zero-order valence-corrected chi connectivity index (χ0v) is 14.9. The van der Waals surface area contributed by atoms with Crippen molar-refractivity contribution in [2.45, 2.75) is 18.9 Å². The number of fused-ring (bicyclic) bond motifs is 1. The Kier molecular flexibility index (Phi) is 3.88. The molecular formula is C19H18FN3O4. The van der Waals surface area contributed by atoms with Crippen LogP contribution >= 0.6 is 0 Å². The molecule has 4 rings (SSSR count). The largest absolute Gasteiger partial charge is 0.442 e. The van der Waals surface area contributed by atoms with Gasteiger partial charge in [0.2, 0.25) is 5.71 Å². The first-order valence-corrected chi connectivity index (χ1v) is 8.53. The Labute approximate surface area is 153 Å². The number of β-amino-alcohol motifs (C(OH)–C–C–N with tert-alkyl or cyclic N) is 1. The summed E-state index contributed by atoms with van der Waals surface area (Å²) in [5.41, 5.74) is -1.47. The maximum absolute atomic E-state index is 14.1. The monoisotopic (exact) mass is 371 g/mol. The second-order valence-electron chi connectivity index (χ2n) is 6.86. The Bertz CT molecular complexity index is 1120. The molecule has 27 heavy (non-hydrogen) atoms. The zero-order valence-electron chi connectivity index (χ0n) is 14.9. The predicted molar refractivity (Wildman–Crippen MR) is 94.8 cm³/mol. The fourth-order valence-corrected chi connectivity index (χ4v) is 3.63. The van der Waals surface area contributed by atoms with E-state index in [1.807, 2.05) is 0 Å². The standard InChI is InChI=1S/C19H18FN3O4/c1-11-14(15-16(27-11)21-10-22(2)17(15)24)18(25)23-8-7-19(26,9-23)12-5-3-4-6-13(12)20/h3-6,10,26H,7-9H2,1-2H3. The molecule has 0 aliphatic carbocycles. The summed E-state index contributed by atoms with van der Waals surface area (Å²) in [6.45, 7) is 1.75. The first-order valence-electron chi connectivity index (χ1n) is 8.53. The van der Waals surface area contributed by atoms with E-state index in [0.29, 0.717) is 0 Å². The summed E-state index contributed by atoms with van der Waals surface area (Å²) in [7, 11) is 1.54. The molecule has 140 valence electrons. The minimum Gasteiger partial charge on any atom is -0.442 e. The molecule has 1 amide bonds. The van der Waals surface area contributed by atoms with Crippen LogP contribution in [0.4, 0.5) is 4.39 Å². The Balaban J connectivity index is 1.72. The highest BCUT2D eigenvalue weighted by Gasteiger charge is 2.42. The van der Waals surface area contributed by atoms with Crippen LogP contribution in [0, 0.1) is 12.7 Å². The topological polar surface area (TPSA) is 88.6 Å². The van der Waals surface area contributed by atoms with Gasteiger partial charge in [-0.3, -0.25) is 9.59 Å². The molecule has 1 aliphatic rings. The van der Waals surface area contributed by atoms with Gasteiger partial charge in [0.25, 0.3) is 11.5 Å². The van der Waals surface area contributed by atoms with Crippen LogP contribution < -0.4 is 5.56 Å². The smallest absolute Gasteiger partial charge is 0.265 e. The number of rotatable bonds is 2.